The molecule has 3 N–H and O–H groups in total. The van der Waals surface area contributed by atoms with E-state index < -0.39 is 0 Å². The van der Waals surface area contributed by atoms with Crippen LogP contribution in [0.4, 0.5) is 4.39 Å². The second-order valence-electron chi connectivity index (χ2n) is 13.4. The molecule has 48 heavy (non-hydrogen) atoms. The molecule has 0 amide bonds. The molecule has 6 rings (SSSR count). The first kappa shape index (κ1) is 33.2. The van der Waals surface area contributed by atoms with Crippen LogP contribution in [0, 0.1) is 11.7 Å². The number of nitrogens with one attached hydrogen (secondary N) is 3. The van der Waals surface area contributed by atoms with Crippen molar-refractivity contribution >= 4 is 27.4 Å². The molecule has 0 saturated heterocycles. The SMILES string of the molecule is C=C/C(=C\C(=C/C)c1ccc2[nH]nc(-c3cc4c(-c5cc(F)cc(CCCN(C)C)c5)cncc4[nH]3)c2c1)NC(=C)CC1CCCCC1. The quantitative estimate of drug-likeness (QED) is 0.112. The third kappa shape index (κ3) is 7.69. The molecular formula is C41H47FN6. The zero-order valence-corrected chi connectivity index (χ0v) is 28.5. The van der Waals surface area contributed by atoms with Crippen molar-refractivity contribution in [3.8, 4) is 22.5 Å². The fraction of sp³-hybridized carbons (Fsp3) is 0.317. The summed E-state index contributed by atoms with van der Waals surface area (Å²) in [6.07, 6.45) is 19.1. The maximum Gasteiger partial charge on any atom is 0.124 e. The lowest BCUT2D eigenvalue weighted by molar-refractivity contribution is 0.353. The van der Waals surface area contributed by atoms with Gasteiger partial charge in [0, 0.05) is 33.9 Å². The average Bonchev–Trinajstić information content (AvgIpc) is 3.70. The predicted molar refractivity (Wildman–Crippen MR) is 199 cm³/mol. The van der Waals surface area contributed by atoms with Crippen LogP contribution in [-0.4, -0.2) is 45.7 Å². The Hall–Kier alpha value is -4.75. The Balaban J connectivity index is 1.28. The highest BCUT2D eigenvalue weighted by Crippen LogP contribution is 2.35. The molecule has 7 heteroatoms. The average molecular weight is 643 g/mol. The molecule has 0 aliphatic heterocycles. The fourth-order valence-corrected chi connectivity index (χ4v) is 7.00. The number of halogens is 1. The summed E-state index contributed by atoms with van der Waals surface area (Å²) >= 11 is 0. The summed E-state index contributed by atoms with van der Waals surface area (Å²) in [5.74, 6) is 0.483. The maximum absolute atomic E-state index is 14.8. The van der Waals surface area contributed by atoms with E-state index in [0.717, 1.165) is 98.2 Å². The van der Waals surface area contributed by atoms with E-state index >= 15 is 0 Å². The van der Waals surface area contributed by atoms with Gasteiger partial charge in [-0.25, -0.2) is 4.39 Å². The van der Waals surface area contributed by atoms with Crippen LogP contribution in [0.5, 0.6) is 0 Å². The van der Waals surface area contributed by atoms with Crippen molar-refractivity contribution in [3.63, 3.8) is 0 Å². The molecule has 3 aromatic heterocycles. The first-order valence-electron chi connectivity index (χ1n) is 17.2. The van der Waals surface area contributed by atoms with Gasteiger partial charge in [0.25, 0.3) is 0 Å². The van der Waals surface area contributed by atoms with Crippen molar-refractivity contribution < 1.29 is 4.39 Å². The van der Waals surface area contributed by atoms with E-state index in [2.05, 4.69) is 102 Å². The van der Waals surface area contributed by atoms with Gasteiger partial charge in [0.1, 0.15) is 11.5 Å². The van der Waals surface area contributed by atoms with Crippen molar-refractivity contribution in [1.29, 1.82) is 0 Å². The van der Waals surface area contributed by atoms with Crippen LogP contribution in [0.25, 0.3) is 49.9 Å². The Morgan fingerprint density at radius 3 is 2.65 bits per heavy atom. The Labute approximate surface area is 283 Å². The molecule has 1 aliphatic carbocycles. The molecule has 2 aromatic carbocycles. The number of aromatic nitrogens is 4. The molecule has 6 nitrogen and oxygen atoms in total. The molecule has 3 heterocycles. The van der Waals surface area contributed by atoms with Crippen LogP contribution in [0.15, 0.2) is 97.6 Å². The van der Waals surface area contributed by atoms with Gasteiger partial charge in [-0.1, -0.05) is 63.5 Å². The van der Waals surface area contributed by atoms with Gasteiger partial charge in [-0.3, -0.25) is 10.1 Å². The van der Waals surface area contributed by atoms with E-state index in [1.165, 1.54) is 32.1 Å². The summed E-state index contributed by atoms with van der Waals surface area (Å²) in [7, 11) is 4.11. The highest BCUT2D eigenvalue weighted by Gasteiger charge is 2.17. The molecule has 248 valence electrons. The van der Waals surface area contributed by atoms with Crippen molar-refractivity contribution in [3.05, 3.63) is 115 Å². The summed E-state index contributed by atoms with van der Waals surface area (Å²) < 4.78 is 14.8. The summed E-state index contributed by atoms with van der Waals surface area (Å²) in [6, 6.07) is 13.8. The van der Waals surface area contributed by atoms with Crippen LogP contribution in [0.2, 0.25) is 0 Å². The van der Waals surface area contributed by atoms with Crippen molar-refractivity contribution in [2.45, 2.75) is 58.3 Å². The van der Waals surface area contributed by atoms with Gasteiger partial charge < -0.3 is 15.2 Å². The fourth-order valence-electron chi connectivity index (χ4n) is 7.00. The molecule has 0 unspecified atom stereocenters. The van der Waals surface area contributed by atoms with E-state index in [1.54, 1.807) is 12.1 Å². The van der Waals surface area contributed by atoms with Gasteiger partial charge in [-0.05, 0) is 117 Å². The summed E-state index contributed by atoms with van der Waals surface area (Å²) in [5.41, 5.74) is 10.3. The molecule has 0 radical (unpaired) electrons. The molecular weight excluding hydrogens is 595 g/mol. The predicted octanol–water partition coefficient (Wildman–Crippen LogP) is 9.95. The van der Waals surface area contributed by atoms with Gasteiger partial charge in [0.05, 0.1) is 22.9 Å². The minimum atomic E-state index is -0.233. The van der Waals surface area contributed by atoms with E-state index in [4.69, 9.17) is 5.10 Å². The van der Waals surface area contributed by atoms with E-state index in [9.17, 15) is 4.39 Å². The van der Waals surface area contributed by atoms with Crippen molar-refractivity contribution in [2.24, 2.45) is 5.92 Å². The number of pyridine rings is 1. The lowest BCUT2D eigenvalue weighted by Crippen LogP contribution is -2.15. The Kier molecular flexibility index (Phi) is 10.4. The van der Waals surface area contributed by atoms with E-state index in [-0.39, 0.29) is 5.82 Å². The van der Waals surface area contributed by atoms with Crippen LogP contribution >= 0.6 is 0 Å². The number of hydrogen-bond acceptors (Lipinski definition) is 4. The van der Waals surface area contributed by atoms with Crippen molar-refractivity contribution in [2.75, 3.05) is 20.6 Å². The number of benzene rings is 2. The minimum absolute atomic E-state index is 0.233. The topological polar surface area (TPSA) is 72.6 Å². The zero-order valence-electron chi connectivity index (χ0n) is 28.5. The number of fused-ring (bicyclic) bond motifs is 2. The van der Waals surface area contributed by atoms with Crippen LogP contribution < -0.4 is 5.32 Å². The van der Waals surface area contributed by atoms with Crippen LogP contribution in [0.1, 0.15) is 63.0 Å². The third-order valence-corrected chi connectivity index (χ3v) is 9.46. The standard InChI is InChI=1S/C41H47FN6/c1-6-30(22-34(7-2)44-27(3)18-28-12-9-8-10-13-28)31-15-16-38-36(23-31)41(47-46-38)39-24-35-37(25-43-26-40(35)45-39)32-19-29(20-33(42)21-32)14-11-17-48(4)5/h6-7,15-16,19-26,28,44-45H,2-3,8-14,17-18H2,1,4-5H3,(H,46,47)/b30-6+,34-22+. The second-order valence-corrected chi connectivity index (χ2v) is 13.4. The number of aryl methyl sites for hydroxylation is 1. The number of H-pyrrole nitrogens is 2. The third-order valence-electron chi connectivity index (χ3n) is 9.46. The number of rotatable bonds is 13. The van der Waals surface area contributed by atoms with Crippen LogP contribution in [0.3, 0.4) is 0 Å². The normalized spacial score (nSPS) is 14.7. The van der Waals surface area contributed by atoms with Gasteiger partial charge in [-0.15, -0.1) is 0 Å². The molecule has 0 bridgehead atoms. The zero-order chi connectivity index (χ0) is 33.6. The smallest absolute Gasteiger partial charge is 0.124 e. The Morgan fingerprint density at radius 2 is 1.88 bits per heavy atom. The lowest BCUT2D eigenvalue weighted by atomic mass is 9.86. The Bertz CT molecular complexity index is 1980. The molecule has 0 spiro atoms. The monoisotopic (exact) mass is 642 g/mol. The molecule has 0 atom stereocenters. The van der Waals surface area contributed by atoms with Gasteiger partial charge in [0.2, 0.25) is 0 Å². The first-order valence-corrected chi connectivity index (χ1v) is 17.2. The van der Waals surface area contributed by atoms with E-state index in [0.29, 0.717) is 5.92 Å². The number of hydrogen-bond donors (Lipinski definition) is 3. The summed E-state index contributed by atoms with van der Waals surface area (Å²) in [4.78, 5) is 10.2. The van der Waals surface area contributed by atoms with Crippen LogP contribution in [-0.2, 0) is 6.42 Å². The number of aromatic amines is 2. The molecule has 5 aromatic rings. The minimum Gasteiger partial charge on any atom is -0.359 e. The highest BCUT2D eigenvalue weighted by molar-refractivity contribution is 6.01. The summed E-state index contributed by atoms with van der Waals surface area (Å²) in [5, 5.41) is 13.4. The van der Waals surface area contributed by atoms with Gasteiger partial charge in [-0.2, -0.15) is 5.10 Å². The largest absolute Gasteiger partial charge is 0.359 e. The van der Waals surface area contributed by atoms with Gasteiger partial charge in [0.15, 0.2) is 0 Å². The molecule has 1 aliphatic rings. The molecule has 1 saturated carbocycles. The number of allylic oxidation sites excluding steroid dienone is 5. The lowest BCUT2D eigenvalue weighted by Gasteiger charge is -2.23. The summed E-state index contributed by atoms with van der Waals surface area (Å²) in [6.45, 7) is 11.4. The maximum atomic E-state index is 14.8. The van der Waals surface area contributed by atoms with E-state index in [1.807, 2.05) is 18.5 Å². The van der Waals surface area contributed by atoms with Crippen molar-refractivity contribution in [1.82, 2.24) is 30.4 Å². The first-order chi connectivity index (χ1) is 23.3. The second kappa shape index (κ2) is 15.0. The highest BCUT2D eigenvalue weighted by atomic mass is 19.1. The Morgan fingerprint density at radius 1 is 1.04 bits per heavy atom. The number of nitrogens with zero attached hydrogens (tertiary/aromatic N) is 3. The molecule has 1 fully saturated rings. The van der Waals surface area contributed by atoms with Gasteiger partial charge >= 0.3 is 0 Å².